The fourth-order valence-electron chi connectivity index (χ4n) is 2.11. The Balaban J connectivity index is 1.68. The van der Waals surface area contributed by atoms with Gasteiger partial charge in [-0.1, -0.05) is 12.1 Å². The summed E-state index contributed by atoms with van der Waals surface area (Å²) in [5.74, 6) is 1.77. The van der Waals surface area contributed by atoms with E-state index in [1.54, 1.807) is 49.7 Å². The summed E-state index contributed by atoms with van der Waals surface area (Å²) >= 11 is 0. The van der Waals surface area contributed by atoms with Gasteiger partial charge in [-0.25, -0.2) is 0 Å². The lowest BCUT2D eigenvalue weighted by Crippen LogP contribution is -2.11. The molecule has 0 bridgehead atoms. The van der Waals surface area contributed by atoms with E-state index in [2.05, 4.69) is 10.3 Å². The van der Waals surface area contributed by atoms with Gasteiger partial charge in [0.05, 0.1) is 7.11 Å². The molecule has 5 nitrogen and oxygen atoms in total. The lowest BCUT2D eigenvalue weighted by Gasteiger charge is -2.10. The average Bonchev–Trinajstić information content (AvgIpc) is 3.12. The van der Waals surface area contributed by atoms with E-state index in [9.17, 15) is 4.79 Å². The fourth-order valence-corrected chi connectivity index (χ4v) is 2.11. The highest BCUT2D eigenvalue weighted by Gasteiger charge is 2.07. The highest BCUT2D eigenvalue weighted by Crippen LogP contribution is 2.31. The van der Waals surface area contributed by atoms with Crippen LogP contribution in [0, 0.1) is 0 Å². The maximum absolute atomic E-state index is 11.9. The quantitative estimate of drug-likeness (QED) is 0.747. The first kappa shape index (κ1) is 14.7. The van der Waals surface area contributed by atoms with Crippen LogP contribution in [0.25, 0.3) is 0 Å². The van der Waals surface area contributed by atoms with Crippen LogP contribution >= 0.6 is 0 Å². The van der Waals surface area contributed by atoms with Crippen molar-refractivity contribution in [1.29, 1.82) is 0 Å². The Morgan fingerprint density at radius 3 is 2.35 bits per heavy atom. The molecule has 23 heavy (non-hydrogen) atoms. The zero-order valence-corrected chi connectivity index (χ0v) is 12.6. The molecule has 0 aliphatic rings. The number of hydrogen-bond acceptors (Lipinski definition) is 3. The minimum atomic E-state index is -0.187. The number of methoxy groups -OCH3 is 1. The van der Waals surface area contributed by atoms with Gasteiger partial charge in [-0.15, -0.1) is 0 Å². The number of aromatic nitrogens is 1. The molecule has 2 aromatic carbocycles. The largest absolute Gasteiger partial charge is 0.493 e. The molecule has 0 spiro atoms. The van der Waals surface area contributed by atoms with Crippen molar-refractivity contribution in [2.75, 3.05) is 12.4 Å². The Hall–Kier alpha value is -3.21. The Morgan fingerprint density at radius 1 is 0.957 bits per heavy atom. The van der Waals surface area contributed by atoms with Crippen molar-refractivity contribution in [3.63, 3.8) is 0 Å². The molecular formula is C18H16N2O3. The van der Waals surface area contributed by atoms with Crippen LogP contribution in [0.4, 0.5) is 5.69 Å². The molecule has 1 amide bonds. The first-order valence-corrected chi connectivity index (χ1v) is 7.12. The van der Waals surface area contributed by atoms with E-state index >= 15 is 0 Å². The number of anilines is 1. The maximum Gasteiger partial charge on any atom is 0.272 e. The normalized spacial score (nSPS) is 10.1. The van der Waals surface area contributed by atoms with Gasteiger partial charge in [-0.2, -0.15) is 0 Å². The predicted molar refractivity (Wildman–Crippen MR) is 88.3 cm³/mol. The molecule has 116 valence electrons. The molecule has 0 saturated carbocycles. The summed E-state index contributed by atoms with van der Waals surface area (Å²) in [6.45, 7) is 0. The number of carbonyl (C=O) groups excluding carboxylic acids is 1. The number of para-hydroxylation sites is 2. The van der Waals surface area contributed by atoms with Gasteiger partial charge in [0.1, 0.15) is 11.4 Å². The summed E-state index contributed by atoms with van der Waals surface area (Å²) in [4.78, 5) is 14.8. The van der Waals surface area contributed by atoms with Crippen LogP contribution in [-0.4, -0.2) is 18.0 Å². The molecule has 3 aromatic rings. The van der Waals surface area contributed by atoms with Gasteiger partial charge in [0.2, 0.25) is 0 Å². The molecule has 1 aromatic heterocycles. The van der Waals surface area contributed by atoms with Crippen LogP contribution < -0.4 is 14.8 Å². The van der Waals surface area contributed by atoms with Crippen LogP contribution in [-0.2, 0) is 0 Å². The van der Waals surface area contributed by atoms with Gasteiger partial charge >= 0.3 is 0 Å². The number of H-pyrrole nitrogens is 1. The minimum absolute atomic E-state index is 0.187. The van der Waals surface area contributed by atoms with Crippen molar-refractivity contribution in [3.05, 3.63) is 72.6 Å². The van der Waals surface area contributed by atoms with Gasteiger partial charge < -0.3 is 19.8 Å². The number of aromatic amines is 1. The third-order valence-electron chi connectivity index (χ3n) is 3.25. The molecular weight excluding hydrogens is 292 g/mol. The summed E-state index contributed by atoms with van der Waals surface area (Å²) in [5, 5.41) is 2.81. The van der Waals surface area contributed by atoms with E-state index in [0.717, 1.165) is 0 Å². The summed E-state index contributed by atoms with van der Waals surface area (Å²) in [6, 6.07) is 18.1. The number of carbonyl (C=O) groups is 1. The van der Waals surface area contributed by atoms with Gasteiger partial charge in [-0.05, 0) is 48.5 Å². The van der Waals surface area contributed by atoms with Crippen molar-refractivity contribution in [2.24, 2.45) is 0 Å². The van der Waals surface area contributed by atoms with Crippen molar-refractivity contribution in [1.82, 2.24) is 4.98 Å². The van der Waals surface area contributed by atoms with E-state index in [4.69, 9.17) is 9.47 Å². The highest BCUT2D eigenvalue weighted by atomic mass is 16.5. The Morgan fingerprint density at radius 2 is 1.70 bits per heavy atom. The number of ether oxygens (including phenoxy) is 2. The SMILES string of the molecule is COc1ccccc1Oc1ccc(NC(=O)c2ccc[nH]2)cc1. The van der Waals surface area contributed by atoms with Crippen molar-refractivity contribution in [2.45, 2.75) is 0 Å². The maximum atomic E-state index is 11.9. The summed E-state index contributed by atoms with van der Waals surface area (Å²) < 4.78 is 11.0. The van der Waals surface area contributed by atoms with Crippen LogP contribution in [0.1, 0.15) is 10.5 Å². The monoisotopic (exact) mass is 308 g/mol. The minimum Gasteiger partial charge on any atom is -0.493 e. The molecule has 2 N–H and O–H groups in total. The average molecular weight is 308 g/mol. The second kappa shape index (κ2) is 6.70. The zero-order chi connectivity index (χ0) is 16.1. The van der Waals surface area contributed by atoms with E-state index in [0.29, 0.717) is 28.6 Å². The third kappa shape index (κ3) is 3.52. The standard InChI is InChI=1S/C18H16N2O3/c1-22-16-6-2-3-7-17(16)23-14-10-8-13(9-11-14)20-18(21)15-5-4-12-19-15/h2-12,19H,1H3,(H,20,21). The van der Waals surface area contributed by atoms with E-state index in [1.165, 1.54) is 0 Å². The fraction of sp³-hybridized carbons (Fsp3) is 0.0556. The molecule has 0 radical (unpaired) electrons. The molecule has 0 saturated heterocycles. The number of benzene rings is 2. The molecule has 0 aliphatic heterocycles. The van der Waals surface area contributed by atoms with Crippen molar-refractivity contribution < 1.29 is 14.3 Å². The molecule has 5 heteroatoms. The second-order valence-electron chi connectivity index (χ2n) is 4.82. The number of amides is 1. The van der Waals surface area contributed by atoms with Gasteiger partial charge in [-0.3, -0.25) is 4.79 Å². The highest BCUT2D eigenvalue weighted by molar-refractivity contribution is 6.02. The lowest BCUT2D eigenvalue weighted by atomic mass is 10.2. The Bertz CT molecular complexity index is 780. The summed E-state index contributed by atoms with van der Waals surface area (Å²) in [5.41, 5.74) is 1.20. The summed E-state index contributed by atoms with van der Waals surface area (Å²) in [6.07, 6.45) is 1.71. The lowest BCUT2D eigenvalue weighted by molar-refractivity contribution is 0.102. The van der Waals surface area contributed by atoms with Gasteiger partial charge in [0.15, 0.2) is 11.5 Å². The van der Waals surface area contributed by atoms with E-state index in [-0.39, 0.29) is 5.91 Å². The van der Waals surface area contributed by atoms with Crippen LogP contribution in [0.15, 0.2) is 66.9 Å². The van der Waals surface area contributed by atoms with E-state index in [1.807, 2.05) is 24.3 Å². The van der Waals surface area contributed by atoms with Crippen molar-refractivity contribution in [3.8, 4) is 17.2 Å². The molecule has 0 unspecified atom stereocenters. The smallest absolute Gasteiger partial charge is 0.272 e. The molecule has 1 heterocycles. The van der Waals surface area contributed by atoms with Crippen LogP contribution in [0.3, 0.4) is 0 Å². The molecule has 0 atom stereocenters. The Labute approximate surface area is 133 Å². The molecule has 0 aliphatic carbocycles. The predicted octanol–water partition coefficient (Wildman–Crippen LogP) is 4.07. The first-order valence-electron chi connectivity index (χ1n) is 7.12. The third-order valence-corrected chi connectivity index (χ3v) is 3.25. The first-order chi connectivity index (χ1) is 11.3. The molecule has 0 fully saturated rings. The zero-order valence-electron chi connectivity index (χ0n) is 12.6. The van der Waals surface area contributed by atoms with Crippen LogP contribution in [0.2, 0.25) is 0 Å². The van der Waals surface area contributed by atoms with E-state index < -0.39 is 0 Å². The Kier molecular flexibility index (Phi) is 4.29. The second-order valence-corrected chi connectivity index (χ2v) is 4.82. The van der Waals surface area contributed by atoms with Gasteiger partial charge in [0, 0.05) is 11.9 Å². The van der Waals surface area contributed by atoms with Crippen molar-refractivity contribution >= 4 is 11.6 Å². The summed E-state index contributed by atoms with van der Waals surface area (Å²) in [7, 11) is 1.60. The number of rotatable bonds is 5. The van der Waals surface area contributed by atoms with Gasteiger partial charge in [0.25, 0.3) is 5.91 Å². The number of hydrogen-bond donors (Lipinski definition) is 2. The topological polar surface area (TPSA) is 63.4 Å². The molecule has 3 rings (SSSR count). The number of nitrogens with one attached hydrogen (secondary N) is 2. The van der Waals surface area contributed by atoms with Crippen LogP contribution in [0.5, 0.6) is 17.2 Å².